The molecule has 0 saturated carbocycles. The van der Waals surface area contributed by atoms with Gasteiger partial charge in [0, 0.05) is 11.0 Å². The van der Waals surface area contributed by atoms with Crippen LogP contribution in [0.1, 0.15) is 22.7 Å². The fourth-order valence-electron chi connectivity index (χ4n) is 3.96. The van der Waals surface area contributed by atoms with Crippen molar-refractivity contribution in [3.63, 3.8) is 0 Å². The van der Waals surface area contributed by atoms with Crippen LogP contribution < -0.4 is 5.32 Å². The van der Waals surface area contributed by atoms with Gasteiger partial charge in [0.2, 0.25) is 15.9 Å². The second-order valence-corrected chi connectivity index (χ2v) is 11.2. The van der Waals surface area contributed by atoms with E-state index in [0.717, 1.165) is 21.2 Å². The van der Waals surface area contributed by atoms with Crippen molar-refractivity contribution in [3.8, 4) is 0 Å². The number of amides is 1. The maximum absolute atomic E-state index is 13.6. The molecule has 0 fully saturated rings. The van der Waals surface area contributed by atoms with Crippen LogP contribution in [0, 0.1) is 0 Å². The Morgan fingerprint density at radius 3 is 1.78 bits per heavy atom. The lowest BCUT2D eigenvalue weighted by atomic mass is 9.99. The highest BCUT2D eigenvalue weighted by atomic mass is 79.9. The molecule has 0 aliphatic heterocycles. The molecular formula is C29H27BrN2O3S. The number of carbonyl (C=O) groups is 1. The van der Waals surface area contributed by atoms with Crippen molar-refractivity contribution < 1.29 is 13.2 Å². The summed E-state index contributed by atoms with van der Waals surface area (Å²) < 4.78 is 29.2. The van der Waals surface area contributed by atoms with E-state index < -0.39 is 16.1 Å². The molecule has 184 valence electrons. The van der Waals surface area contributed by atoms with E-state index >= 15 is 0 Å². The van der Waals surface area contributed by atoms with Crippen LogP contribution in [-0.4, -0.2) is 31.7 Å². The van der Waals surface area contributed by atoms with E-state index in [0.29, 0.717) is 6.42 Å². The van der Waals surface area contributed by atoms with E-state index in [4.69, 9.17) is 0 Å². The molecule has 5 nitrogen and oxygen atoms in total. The van der Waals surface area contributed by atoms with Crippen LogP contribution in [0.4, 0.5) is 0 Å². The minimum absolute atomic E-state index is 0.147. The zero-order valence-corrected chi connectivity index (χ0v) is 22.0. The second-order valence-electron chi connectivity index (χ2n) is 8.35. The van der Waals surface area contributed by atoms with Crippen molar-refractivity contribution in [2.75, 3.05) is 13.1 Å². The third kappa shape index (κ3) is 6.69. The number of benzene rings is 4. The summed E-state index contributed by atoms with van der Waals surface area (Å²) >= 11 is 3.35. The van der Waals surface area contributed by atoms with E-state index in [1.54, 1.807) is 24.3 Å². The van der Waals surface area contributed by atoms with Crippen molar-refractivity contribution in [3.05, 3.63) is 136 Å². The van der Waals surface area contributed by atoms with Crippen LogP contribution in [0.3, 0.4) is 0 Å². The first-order valence-electron chi connectivity index (χ1n) is 11.6. The lowest BCUT2D eigenvalue weighted by Gasteiger charge is -2.25. The number of rotatable bonds is 10. The van der Waals surface area contributed by atoms with Gasteiger partial charge >= 0.3 is 0 Å². The maximum Gasteiger partial charge on any atom is 0.243 e. The van der Waals surface area contributed by atoms with Crippen LogP contribution in [0.15, 0.2) is 125 Å². The Morgan fingerprint density at radius 2 is 1.25 bits per heavy atom. The Kier molecular flexibility index (Phi) is 8.70. The first-order chi connectivity index (χ1) is 17.4. The number of nitrogens with one attached hydrogen (secondary N) is 1. The molecule has 0 atom stereocenters. The fraction of sp³-hybridized carbons (Fsp3) is 0.138. The topological polar surface area (TPSA) is 66.5 Å². The molecule has 1 N–H and O–H groups in total. The van der Waals surface area contributed by atoms with Crippen LogP contribution in [-0.2, 0) is 21.2 Å². The summed E-state index contributed by atoms with van der Waals surface area (Å²) in [7, 11) is -3.90. The average Bonchev–Trinajstić information content (AvgIpc) is 2.91. The Hall–Kier alpha value is -3.26. The molecule has 36 heavy (non-hydrogen) atoms. The molecule has 0 heterocycles. The van der Waals surface area contributed by atoms with Gasteiger partial charge in [-0.15, -0.1) is 0 Å². The summed E-state index contributed by atoms with van der Waals surface area (Å²) in [5, 5.41) is 3.06. The number of carbonyl (C=O) groups excluding carboxylic acids is 1. The van der Waals surface area contributed by atoms with Gasteiger partial charge in [-0.25, -0.2) is 8.42 Å². The van der Waals surface area contributed by atoms with Crippen LogP contribution >= 0.6 is 15.9 Å². The lowest BCUT2D eigenvalue weighted by molar-refractivity contribution is -0.121. The average molecular weight is 564 g/mol. The first-order valence-corrected chi connectivity index (χ1v) is 13.9. The van der Waals surface area contributed by atoms with Crippen LogP contribution in [0.25, 0.3) is 0 Å². The Bertz CT molecular complexity index is 1330. The summed E-state index contributed by atoms with van der Waals surface area (Å²) in [6.07, 6.45) is 0.491. The number of hydrogen-bond donors (Lipinski definition) is 1. The molecular weight excluding hydrogens is 536 g/mol. The van der Waals surface area contributed by atoms with Gasteiger partial charge in [-0.2, -0.15) is 4.31 Å². The normalized spacial score (nSPS) is 11.5. The summed E-state index contributed by atoms with van der Waals surface area (Å²) in [6.45, 7) is -0.113. The predicted molar refractivity (Wildman–Crippen MR) is 146 cm³/mol. The minimum atomic E-state index is -3.90. The van der Waals surface area contributed by atoms with Gasteiger partial charge in [-0.05, 0) is 47.4 Å². The molecule has 4 rings (SSSR count). The van der Waals surface area contributed by atoms with Gasteiger partial charge in [-0.3, -0.25) is 4.79 Å². The van der Waals surface area contributed by atoms with Crippen molar-refractivity contribution in [1.82, 2.24) is 9.62 Å². The van der Waals surface area contributed by atoms with E-state index in [2.05, 4.69) is 21.2 Å². The molecule has 0 radical (unpaired) electrons. The Balaban J connectivity index is 1.59. The van der Waals surface area contributed by atoms with Gasteiger partial charge < -0.3 is 5.32 Å². The molecule has 4 aromatic carbocycles. The van der Waals surface area contributed by atoms with Gasteiger partial charge in [0.05, 0.1) is 17.5 Å². The predicted octanol–water partition coefficient (Wildman–Crippen LogP) is 5.59. The molecule has 7 heteroatoms. The highest BCUT2D eigenvalue weighted by Gasteiger charge is 2.28. The lowest BCUT2D eigenvalue weighted by Crippen LogP contribution is -2.42. The molecule has 0 aliphatic rings. The molecule has 0 aliphatic carbocycles. The smallest absolute Gasteiger partial charge is 0.243 e. The summed E-state index contributed by atoms with van der Waals surface area (Å²) in [4.78, 5) is 13.5. The van der Waals surface area contributed by atoms with E-state index in [9.17, 15) is 13.2 Å². The Labute approximate surface area is 221 Å². The van der Waals surface area contributed by atoms with Crippen molar-refractivity contribution in [1.29, 1.82) is 0 Å². The molecule has 0 saturated heterocycles. The summed E-state index contributed by atoms with van der Waals surface area (Å²) in [6, 6.07) is 35.0. The molecule has 0 unspecified atom stereocenters. The molecule has 1 amide bonds. The van der Waals surface area contributed by atoms with Crippen LogP contribution in [0.2, 0.25) is 0 Å². The fourth-order valence-corrected chi connectivity index (χ4v) is 5.62. The highest BCUT2D eigenvalue weighted by Crippen LogP contribution is 2.23. The molecule has 0 aromatic heterocycles. The molecule has 0 spiro atoms. The summed E-state index contributed by atoms with van der Waals surface area (Å²) in [5.74, 6) is -0.374. The second kappa shape index (κ2) is 12.1. The van der Waals surface area contributed by atoms with Gasteiger partial charge in [0.15, 0.2) is 0 Å². The van der Waals surface area contributed by atoms with Crippen molar-refractivity contribution >= 4 is 31.9 Å². The standard InChI is InChI=1S/C29H27BrN2O3S/c30-26-16-18-27(19-17-26)36(34,35)32(21-20-23-10-4-1-5-11-23)22-28(33)31-29(24-12-6-2-7-13-24)25-14-8-3-9-15-25/h1-19,29H,20-22H2,(H,31,33). The number of hydrogen-bond acceptors (Lipinski definition) is 3. The summed E-state index contributed by atoms with van der Waals surface area (Å²) in [5.41, 5.74) is 2.84. The third-order valence-electron chi connectivity index (χ3n) is 5.84. The van der Waals surface area contributed by atoms with E-state index in [-0.39, 0.29) is 23.9 Å². The van der Waals surface area contributed by atoms with Crippen molar-refractivity contribution in [2.45, 2.75) is 17.4 Å². The SMILES string of the molecule is O=C(CN(CCc1ccccc1)S(=O)(=O)c1ccc(Br)cc1)NC(c1ccccc1)c1ccccc1. The minimum Gasteiger partial charge on any atom is -0.344 e. The Morgan fingerprint density at radius 1 is 0.750 bits per heavy atom. The van der Waals surface area contributed by atoms with E-state index in [1.807, 2.05) is 91.0 Å². The number of sulfonamides is 1. The van der Waals surface area contributed by atoms with Crippen molar-refractivity contribution in [2.24, 2.45) is 0 Å². The highest BCUT2D eigenvalue weighted by molar-refractivity contribution is 9.10. The molecule has 0 bridgehead atoms. The van der Waals surface area contributed by atoms with Gasteiger partial charge in [0.25, 0.3) is 0 Å². The largest absolute Gasteiger partial charge is 0.344 e. The first kappa shape index (κ1) is 25.8. The molecule has 4 aromatic rings. The number of nitrogens with zero attached hydrogens (tertiary/aromatic N) is 1. The third-order valence-corrected chi connectivity index (χ3v) is 8.22. The van der Waals surface area contributed by atoms with Crippen LogP contribution in [0.5, 0.6) is 0 Å². The maximum atomic E-state index is 13.6. The zero-order valence-electron chi connectivity index (χ0n) is 19.6. The quantitative estimate of drug-likeness (QED) is 0.274. The van der Waals surface area contributed by atoms with Gasteiger partial charge in [-0.1, -0.05) is 107 Å². The zero-order chi connectivity index (χ0) is 25.4. The van der Waals surface area contributed by atoms with Gasteiger partial charge in [0.1, 0.15) is 0 Å². The monoisotopic (exact) mass is 562 g/mol. The van der Waals surface area contributed by atoms with E-state index in [1.165, 1.54) is 4.31 Å². The number of halogens is 1.